The van der Waals surface area contributed by atoms with Gasteiger partial charge in [-0.15, -0.1) is 0 Å². The molecule has 1 heterocycles. The van der Waals surface area contributed by atoms with Crippen LogP contribution in [0.5, 0.6) is 0 Å². The minimum atomic E-state index is 0.518. The molecule has 0 saturated heterocycles. The van der Waals surface area contributed by atoms with Gasteiger partial charge in [-0.05, 0) is 38.5 Å². The van der Waals surface area contributed by atoms with Crippen LogP contribution < -0.4 is 10.6 Å². The van der Waals surface area contributed by atoms with E-state index in [9.17, 15) is 0 Å². The van der Waals surface area contributed by atoms with Crippen LogP contribution in [0.3, 0.4) is 0 Å². The van der Waals surface area contributed by atoms with E-state index in [4.69, 9.17) is 0 Å². The molecule has 1 fully saturated rings. The lowest BCUT2D eigenvalue weighted by molar-refractivity contribution is 0.687. The molecular formula is C15H26N4. The SMILES string of the molecule is CCCNc1ncnc(NC(C)C2CC2)c1CCC. The minimum Gasteiger partial charge on any atom is -0.370 e. The molecule has 0 aliphatic heterocycles. The fraction of sp³-hybridized carbons (Fsp3) is 0.733. The molecule has 2 N–H and O–H groups in total. The Morgan fingerprint density at radius 2 is 1.95 bits per heavy atom. The van der Waals surface area contributed by atoms with Gasteiger partial charge >= 0.3 is 0 Å². The van der Waals surface area contributed by atoms with Gasteiger partial charge in [0.15, 0.2) is 0 Å². The highest BCUT2D eigenvalue weighted by Gasteiger charge is 2.28. The summed E-state index contributed by atoms with van der Waals surface area (Å²) in [6.45, 7) is 7.59. The van der Waals surface area contributed by atoms with Crippen LogP contribution in [-0.2, 0) is 6.42 Å². The second-order valence-corrected chi connectivity index (χ2v) is 5.50. The van der Waals surface area contributed by atoms with Gasteiger partial charge in [0.05, 0.1) is 0 Å². The Kier molecular flexibility index (Phi) is 5.00. The van der Waals surface area contributed by atoms with Crippen LogP contribution in [-0.4, -0.2) is 22.6 Å². The van der Waals surface area contributed by atoms with Crippen LogP contribution >= 0.6 is 0 Å². The molecule has 1 aromatic heterocycles. The Bertz CT molecular complexity index is 401. The van der Waals surface area contributed by atoms with Crippen LogP contribution in [0.4, 0.5) is 11.6 Å². The number of hydrogen-bond donors (Lipinski definition) is 2. The van der Waals surface area contributed by atoms with Crippen LogP contribution in [0, 0.1) is 5.92 Å². The lowest BCUT2D eigenvalue weighted by atomic mass is 10.1. The molecule has 0 aromatic carbocycles. The molecule has 0 amide bonds. The first-order valence-electron chi connectivity index (χ1n) is 7.60. The fourth-order valence-corrected chi connectivity index (χ4v) is 2.35. The van der Waals surface area contributed by atoms with Gasteiger partial charge in [-0.1, -0.05) is 20.3 Å². The summed E-state index contributed by atoms with van der Waals surface area (Å²) in [5, 5.41) is 7.00. The van der Waals surface area contributed by atoms with Crippen molar-refractivity contribution in [1.29, 1.82) is 0 Å². The average Bonchev–Trinajstić information content (AvgIpc) is 3.23. The van der Waals surface area contributed by atoms with Crippen molar-refractivity contribution < 1.29 is 0 Å². The smallest absolute Gasteiger partial charge is 0.134 e. The van der Waals surface area contributed by atoms with Crippen LogP contribution in [0.25, 0.3) is 0 Å². The maximum atomic E-state index is 4.45. The quantitative estimate of drug-likeness (QED) is 0.753. The average molecular weight is 262 g/mol. The normalized spacial score (nSPS) is 16.2. The summed E-state index contributed by atoms with van der Waals surface area (Å²) in [4.78, 5) is 8.85. The van der Waals surface area contributed by atoms with E-state index in [1.54, 1.807) is 6.33 Å². The molecule has 0 spiro atoms. The second kappa shape index (κ2) is 6.73. The van der Waals surface area contributed by atoms with Crippen molar-refractivity contribution in [2.75, 3.05) is 17.2 Å². The molecule has 1 unspecified atom stereocenters. The maximum absolute atomic E-state index is 4.45. The molecule has 4 heteroatoms. The van der Waals surface area contributed by atoms with Gasteiger partial charge in [-0.2, -0.15) is 0 Å². The lowest BCUT2D eigenvalue weighted by Gasteiger charge is -2.18. The van der Waals surface area contributed by atoms with Gasteiger partial charge in [0.25, 0.3) is 0 Å². The van der Waals surface area contributed by atoms with E-state index < -0.39 is 0 Å². The van der Waals surface area contributed by atoms with Gasteiger partial charge in [0.1, 0.15) is 18.0 Å². The maximum Gasteiger partial charge on any atom is 0.134 e. The highest BCUT2D eigenvalue weighted by atomic mass is 15.1. The predicted molar refractivity (Wildman–Crippen MR) is 80.6 cm³/mol. The summed E-state index contributed by atoms with van der Waals surface area (Å²) in [5.74, 6) is 2.86. The Balaban J connectivity index is 2.14. The second-order valence-electron chi connectivity index (χ2n) is 5.50. The van der Waals surface area contributed by atoms with E-state index in [0.717, 1.165) is 43.4 Å². The summed E-state index contributed by atoms with van der Waals surface area (Å²) in [7, 11) is 0. The van der Waals surface area contributed by atoms with Gasteiger partial charge in [0, 0.05) is 18.2 Å². The van der Waals surface area contributed by atoms with Crippen molar-refractivity contribution in [3.05, 3.63) is 11.9 Å². The van der Waals surface area contributed by atoms with Crippen molar-refractivity contribution in [3.63, 3.8) is 0 Å². The molecule has 0 bridgehead atoms. The Labute approximate surface area is 116 Å². The minimum absolute atomic E-state index is 0.518. The topological polar surface area (TPSA) is 49.8 Å². The molecule has 1 aliphatic carbocycles. The van der Waals surface area contributed by atoms with E-state index >= 15 is 0 Å². The van der Waals surface area contributed by atoms with Crippen molar-refractivity contribution in [3.8, 4) is 0 Å². The van der Waals surface area contributed by atoms with Crippen LogP contribution in [0.15, 0.2) is 6.33 Å². The fourth-order valence-electron chi connectivity index (χ4n) is 2.35. The van der Waals surface area contributed by atoms with Crippen LogP contribution in [0.1, 0.15) is 52.0 Å². The van der Waals surface area contributed by atoms with E-state index in [-0.39, 0.29) is 0 Å². The Hall–Kier alpha value is -1.32. The molecule has 1 aromatic rings. The van der Waals surface area contributed by atoms with Crippen molar-refractivity contribution in [2.45, 2.75) is 58.9 Å². The van der Waals surface area contributed by atoms with Gasteiger partial charge in [-0.3, -0.25) is 0 Å². The molecule has 0 radical (unpaired) electrons. The van der Waals surface area contributed by atoms with Gasteiger partial charge in [0.2, 0.25) is 0 Å². The zero-order valence-corrected chi connectivity index (χ0v) is 12.4. The van der Waals surface area contributed by atoms with Gasteiger partial charge < -0.3 is 10.6 Å². The summed E-state index contributed by atoms with van der Waals surface area (Å²) in [5.41, 5.74) is 1.24. The van der Waals surface area contributed by atoms with Crippen molar-refractivity contribution in [2.24, 2.45) is 5.92 Å². The van der Waals surface area contributed by atoms with Crippen molar-refractivity contribution >= 4 is 11.6 Å². The van der Waals surface area contributed by atoms with Crippen molar-refractivity contribution in [1.82, 2.24) is 9.97 Å². The monoisotopic (exact) mass is 262 g/mol. The summed E-state index contributed by atoms with van der Waals surface area (Å²) >= 11 is 0. The number of aromatic nitrogens is 2. The first-order chi connectivity index (χ1) is 9.26. The van der Waals surface area contributed by atoms with Crippen LogP contribution in [0.2, 0.25) is 0 Å². The summed E-state index contributed by atoms with van der Waals surface area (Å²) in [6.07, 6.45) is 7.61. The lowest BCUT2D eigenvalue weighted by Crippen LogP contribution is -2.20. The zero-order chi connectivity index (χ0) is 13.7. The predicted octanol–water partition coefficient (Wildman–Crippen LogP) is 3.46. The number of nitrogens with zero attached hydrogens (tertiary/aromatic N) is 2. The third kappa shape index (κ3) is 3.82. The Morgan fingerprint density at radius 3 is 2.58 bits per heavy atom. The zero-order valence-electron chi connectivity index (χ0n) is 12.4. The summed E-state index contributed by atoms with van der Waals surface area (Å²) < 4.78 is 0. The number of nitrogens with one attached hydrogen (secondary N) is 2. The number of anilines is 2. The molecule has 106 valence electrons. The molecule has 1 atom stereocenters. The number of hydrogen-bond acceptors (Lipinski definition) is 4. The van der Waals surface area contributed by atoms with E-state index in [2.05, 4.69) is 41.4 Å². The first-order valence-corrected chi connectivity index (χ1v) is 7.60. The molecule has 4 nitrogen and oxygen atoms in total. The Morgan fingerprint density at radius 1 is 1.21 bits per heavy atom. The first kappa shape index (κ1) is 14.1. The molecular weight excluding hydrogens is 236 g/mol. The highest BCUT2D eigenvalue weighted by Crippen LogP contribution is 2.34. The standard InChI is InChI=1S/C15H26N4/c1-4-6-13-14(16-9-5-2)17-10-18-15(13)19-11(3)12-7-8-12/h10-12H,4-9H2,1-3H3,(H2,16,17,18,19). The van der Waals surface area contributed by atoms with E-state index in [1.807, 2.05) is 0 Å². The summed E-state index contributed by atoms with van der Waals surface area (Å²) in [6, 6.07) is 0.518. The largest absolute Gasteiger partial charge is 0.370 e. The van der Waals surface area contributed by atoms with E-state index in [1.165, 1.54) is 18.4 Å². The molecule has 19 heavy (non-hydrogen) atoms. The number of rotatable bonds is 8. The highest BCUT2D eigenvalue weighted by molar-refractivity contribution is 5.57. The molecule has 1 aliphatic rings. The third-order valence-electron chi connectivity index (χ3n) is 3.68. The van der Waals surface area contributed by atoms with E-state index in [0.29, 0.717) is 6.04 Å². The van der Waals surface area contributed by atoms with Gasteiger partial charge in [-0.25, -0.2) is 9.97 Å². The molecule has 2 rings (SSSR count). The molecule has 1 saturated carbocycles. The third-order valence-corrected chi connectivity index (χ3v) is 3.68.